The Labute approximate surface area is 71.9 Å². The first-order chi connectivity index (χ1) is 5.68. The smallest absolute Gasteiger partial charge is 0.306 e. The van der Waals surface area contributed by atoms with E-state index in [-0.39, 0.29) is 17.9 Å². The zero-order valence-corrected chi connectivity index (χ0v) is 7.07. The Hall–Kier alpha value is -0.570. The lowest BCUT2D eigenvalue weighted by Gasteiger charge is -2.44. The maximum Gasteiger partial charge on any atom is 0.306 e. The second-order valence-electron chi connectivity index (χ2n) is 4.19. The van der Waals surface area contributed by atoms with Gasteiger partial charge in [-0.05, 0) is 31.1 Å². The normalized spacial score (nSPS) is 46.1. The molecule has 2 bridgehead atoms. The van der Waals surface area contributed by atoms with Crippen molar-refractivity contribution in [1.29, 1.82) is 0 Å². The SMILES string of the molecule is NC1CC2CCC1C(C(=O)O)C2. The van der Waals surface area contributed by atoms with Crippen LogP contribution in [0.15, 0.2) is 0 Å². The largest absolute Gasteiger partial charge is 0.481 e. The zero-order chi connectivity index (χ0) is 8.72. The highest BCUT2D eigenvalue weighted by atomic mass is 16.4. The van der Waals surface area contributed by atoms with Crippen molar-refractivity contribution in [2.45, 2.75) is 31.7 Å². The summed E-state index contributed by atoms with van der Waals surface area (Å²) in [5.74, 6) is 0.0611. The molecule has 4 atom stereocenters. The van der Waals surface area contributed by atoms with Crippen LogP contribution in [-0.2, 0) is 4.79 Å². The van der Waals surface area contributed by atoms with E-state index in [4.69, 9.17) is 10.8 Å². The van der Waals surface area contributed by atoms with E-state index in [1.54, 1.807) is 0 Å². The third-order valence-corrected chi connectivity index (χ3v) is 3.48. The summed E-state index contributed by atoms with van der Waals surface area (Å²) in [5, 5.41) is 8.92. The van der Waals surface area contributed by atoms with Gasteiger partial charge in [0.25, 0.3) is 0 Å². The summed E-state index contributed by atoms with van der Waals surface area (Å²) in [4.78, 5) is 10.8. The summed E-state index contributed by atoms with van der Waals surface area (Å²) in [7, 11) is 0. The third-order valence-electron chi connectivity index (χ3n) is 3.48. The van der Waals surface area contributed by atoms with Crippen LogP contribution in [0.5, 0.6) is 0 Å². The van der Waals surface area contributed by atoms with Gasteiger partial charge in [0.1, 0.15) is 0 Å². The zero-order valence-electron chi connectivity index (χ0n) is 7.07. The second-order valence-corrected chi connectivity index (χ2v) is 4.19. The first-order valence-corrected chi connectivity index (χ1v) is 4.67. The van der Waals surface area contributed by atoms with Gasteiger partial charge < -0.3 is 10.8 Å². The summed E-state index contributed by atoms with van der Waals surface area (Å²) in [5.41, 5.74) is 5.88. The number of fused-ring (bicyclic) bond motifs is 3. The first-order valence-electron chi connectivity index (χ1n) is 4.67. The monoisotopic (exact) mass is 169 g/mol. The molecule has 4 unspecified atom stereocenters. The summed E-state index contributed by atoms with van der Waals surface area (Å²) in [6.07, 6.45) is 4.15. The summed E-state index contributed by atoms with van der Waals surface area (Å²) < 4.78 is 0. The fourth-order valence-electron chi connectivity index (χ4n) is 2.85. The van der Waals surface area contributed by atoms with Crippen LogP contribution in [0.25, 0.3) is 0 Å². The molecule has 0 amide bonds. The van der Waals surface area contributed by atoms with Gasteiger partial charge >= 0.3 is 5.97 Å². The molecule has 0 aliphatic heterocycles. The Morgan fingerprint density at radius 2 is 2.08 bits per heavy atom. The highest BCUT2D eigenvalue weighted by molar-refractivity contribution is 5.70. The lowest BCUT2D eigenvalue weighted by molar-refractivity contribution is -0.148. The summed E-state index contributed by atoms with van der Waals surface area (Å²) in [6, 6.07) is 0.151. The molecule has 3 N–H and O–H groups in total. The molecule has 3 aliphatic rings. The summed E-state index contributed by atoms with van der Waals surface area (Å²) >= 11 is 0. The van der Waals surface area contributed by atoms with E-state index in [0.29, 0.717) is 5.92 Å². The minimum atomic E-state index is -0.639. The fraction of sp³-hybridized carbons (Fsp3) is 0.889. The molecule has 3 heteroatoms. The van der Waals surface area contributed by atoms with E-state index in [9.17, 15) is 4.79 Å². The van der Waals surface area contributed by atoms with Crippen LogP contribution in [0.2, 0.25) is 0 Å². The van der Waals surface area contributed by atoms with Crippen molar-refractivity contribution in [3.05, 3.63) is 0 Å². The summed E-state index contributed by atoms with van der Waals surface area (Å²) in [6.45, 7) is 0. The average molecular weight is 169 g/mol. The predicted octanol–water partition coefficient (Wildman–Crippen LogP) is 0.834. The maximum absolute atomic E-state index is 10.8. The van der Waals surface area contributed by atoms with Crippen LogP contribution in [-0.4, -0.2) is 17.1 Å². The van der Waals surface area contributed by atoms with E-state index < -0.39 is 5.97 Å². The van der Waals surface area contributed by atoms with Crippen molar-refractivity contribution in [2.24, 2.45) is 23.5 Å². The lowest BCUT2D eigenvalue weighted by atomic mass is 9.62. The standard InChI is InChI=1S/C9H15NO2/c10-8-4-5-1-2-6(8)7(3-5)9(11)12/h5-8H,1-4,10H2,(H,11,12). The predicted molar refractivity (Wildman–Crippen MR) is 44.5 cm³/mol. The van der Waals surface area contributed by atoms with E-state index >= 15 is 0 Å². The minimum Gasteiger partial charge on any atom is -0.481 e. The number of rotatable bonds is 1. The van der Waals surface area contributed by atoms with Gasteiger partial charge in [0.05, 0.1) is 5.92 Å². The molecule has 12 heavy (non-hydrogen) atoms. The molecular formula is C9H15NO2. The molecule has 0 aromatic rings. The quantitative estimate of drug-likeness (QED) is 0.611. The van der Waals surface area contributed by atoms with E-state index in [1.807, 2.05) is 0 Å². The minimum absolute atomic E-state index is 0.146. The van der Waals surface area contributed by atoms with Gasteiger partial charge in [-0.15, -0.1) is 0 Å². The number of carboxylic acid groups (broad SMARTS) is 1. The highest BCUT2D eigenvalue weighted by Crippen LogP contribution is 2.44. The number of hydrogen-bond donors (Lipinski definition) is 2. The lowest BCUT2D eigenvalue weighted by Crippen LogP contribution is -2.48. The molecule has 0 aromatic carbocycles. The van der Waals surface area contributed by atoms with Gasteiger partial charge in [0.15, 0.2) is 0 Å². The Kier molecular flexibility index (Phi) is 1.83. The van der Waals surface area contributed by atoms with Crippen LogP contribution in [0.4, 0.5) is 0 Å². The molecule has 0 spiro atoms. The van der Waals surface area contributed by atoms with Gasteiger partial charge in [-0.25, -0.2) is 0 Å². The van der Waals surface area contributed by atoms with Gasteiger partial charge in [0.2, 0.25) is 0 Å². The fourth-order valence-corrected chi connectivity index (χ4v) is 2.85. The van der Waals surface area contributed by atoms with Crippen LogP contribution in [0.1, 0.15) is 25.7 Å². The van der Waals surface area contributed by atoms with Crippen molar-refractivity contribution >= 4 is 5.97 Å². The molecule has 3 aliphatic carbocycles. The van der Waals surface area contributed by atoms with Gasteiger partial charge in [-0.3, -0.25) is 4.79 Å². The molecule has 3 nitrogen and oxygen atoms in total. The third kappa shape index (κ3) is 1.12. The average Bonchev–Trinajstić information content (AvgIpc) is 2.04. The molecule has 3 rings (SSSR count). The maximum atomic E-state index is 10.8. The van der Waals surface area contributed by atoms with Gasteiger partial charge in [0, 0.05) is 6.04 Å². The van der Waals surface area contributed by atoms with Crippen LogP contribution >= 0.6 is 0 Å². The van der Waals surface area contributed by atoms with Crippen molar-refractivity contribution < 1.29 is 9.90 Å². The molecule has 0 radical (unpaired) electrons. The number of nitrogens with two attached hydrogens (primary N) is 1. The van der Waals surface area contributed by atoms with Crippen molar-refractivity contribution in [1.82, 2.24) is 0 Å². The molecule has 0 saturated heterocycles. The number of aliphatic carboxylic acids is 1. The number of hydrogen-bond acceptors (Lipinski definition) is 2. The van der Waals surface area contributed by atoms with Crippen molar-refractivity contribution in [3.8, 4) is 0 Å². The van der Waals surface area contributed by atoms with Crippen LogP contribution in [0.3, 0.4) is 0 Å². The Morgan fingerprint density at radius 1 is 1.33 bits per heavy atom. The van der Waals surface area contributed by atoms with Crippen LogP contribution < -0.4 is 5.73 Å². The Bertz CT molecular complexity index is 205. The Morgan fingerprint density at radius 3 is 2.50 bits per heavy atom. The number of carbonyl (C=O) groups is 1. The highest BCUT2D eigenvalue weighted by Gasteiger charge is 2.43. The van der Waals surface area contributed by atoms with Crippen molar-refractivity contribution in [3.63, 3.8) is 0 Å². The first kappa shape index (κ1) is 8.05. The van der Waals surface area contributed by atoms with E-state index in [2.05, 4.69) is 0 Å². The number of carboxylic acids is 1. The van der Waals surface area contributed by atoms with Gasteiger partial charge in [-0.2, -0.15) is 0 Å². The Balaban J connectivity index is 2.14. The molecule has 3 fully saturated rings. The van der Waals surface area contributed by atoms with E-state index in [0.717, 1.165) is 19.3 Å². The van der Waals surface area contributed by atoms with Crippen molar-refractivity contribution in [2.75, 3.05) is 0 Å². The second kappa shape index (κ2) is 2.73. The molecule has 3 saturated carbocycles. The van der Waals surface area contributed by atoms with Gasteiger partial charge in [-0.1, -0.05) is 6.42 Å². The molecule has 0 heterocycles. The van der Waals surface area contributed by atoms with Crippen LogP contribution in [0, 0.1) is 17.8 Å². The topological polar surface area (TPSA) is 63.3 Å². The van der Waals surface area contributed by atoms with E-state index in [1.165, 1.54) is 6.42 Å². The molecule has 0 aromatic heterocycles. The molecule has 68 valence electrons. The molecular weight excluding hydrogens is 154 g/mol.